The highest BCUT2D eigenvalue weighted by Gasteiger charge is 2.15. The molecule has 0 radical (unpaired) electrons. The van der Waals surface area contributed by atoms with Crippen molar-refractivity contribution < 1.29 is 4.79 Å². The summed E-state index contributed by atoms with van der Waals surface area (Å²) in [6, 6.07) is 9.82. The van der Waals surface area contributed by atoms with Gasteiger partial charge in [0.05, 0.1) is 10.7 Å². The first kappa shape index (κ1) is 16.6. The molecule has 1 amide bonds. The molecule has 0 fully saturated rings. The molecule has 0 aliphatic carbocycles. The number of aromatic nitrogens is 1. The van der Waals surface area contributed by atoms with E-state index in [0.717, 1.165) is 16.4 Å². The topological polar surface area (TPSA) is 45.2 Å². The quantitative estimate of drug-likeness (QED) is 0.889. The molecule has 22 heavy (non-hydrogen) atoms. The summed E-state index contributed by atoms with van der Waals surface area (Å²) < 4.78 is 0. The molecule has 1 N–H and O–H groups in total. The van der Waals surface area contributed by atoms with Crippen LogP contribution in [0.1, 0.15) is 28.9 Å². The molecular weight excluding hydrogens is 294 g/mol. The Kier molecular flexibility index (Phi) is 5.69. The maximum atomic E-state index is 12.3. The van der Waals surface area contributed by atoms with E-state index >= 15 is 0 Å². The lowest BCUT2D eigenvalue weighted by molar-refractivity contribution is -0.118. The SMILES string of the molecule is Cc1nc(CN[C@H](C)CC(=O)N(C)c2ccccc2)c(C)s1. The zero-order valence-electron chi connectivity index (χ0n) is 13.6. The molecule has 0 saturated carbocycles. The second-order valence-electron chi connectivity index (χ2n) is 5.51. The number of hydrogen-bond donors (Lipinski definition) is 1. The molecule has 1 aromatic heterocycles. The summed E-state index contributed by atoms with van der Waals surface area (Å²) in [6.07, 6.45) is 0.466. The van der Waals surface area contributed by atoms with Crippen molar-refractivity contribution in [2.75, 3.05) is 11.9 Å². The van der Waals surface area contributed by atoms with Crippen molar-refractivity contribution in [3.8, 4) is 0 Å². The van der Waals surface area contributed by atoms with Crippen LogP contribution in [0.5, 0.6) is 0 Å². The van der Waals surface area contributed by atoms with Crippen LogP contribution < -0.4 is 10.2 Å². The van der Waals surface area contributed by atoms with Gasteiger partial charge in [0.15, 0.2) is 0 Å². The van der Waals surface area contributed by atoms with Gasteiger partial charge in [-0.1, -0.05) is 18.2 Å². The normalized spacial score (nSPS) is 12.2. The molecule has 2 rings (SSSR count). The summed E-state index contributed by atoms with van der Waals surface area (Å²) >= 11 is 1.71. The third kappa shape index (κ3) is 4.39. The number of rotatable bonds is 6. The van der Waals surface area contributed by atoms with Crippen molar-refractivity contribution in [1.29, 1.82) is 0 Å². The summed E-state index contributed by atoms with van der Waals surface area (Å²) in [4.78, 5) is 19.8. The van der Waals surface area contributed by atoms with Gasteiger partial charge in [-0.2, -0.15) is 0 Å². The van der Waals surface area contributed by atoms with Crippen molar-refractivity contribution in [1.82, 2.24) is 10.3 Å². The lowest BCUT2D eigenvalue weighted by Gasteiger charge is -2.20. The first-order valence-electron chi connectivity index (χ1n) is 7.45. The number of nitrogens with one attached hydrogen (secondary N) is 1. The van der Waals surface area contributed by atoms with Gasteiger partial charge in [-0.3, -0.25) is 4.79 Å². The van der Waals surface area contributed by atoms with Crippen molar-refractivity contribution in [2.45, 2.75) is 39.8 Å². The Morgan fingerprint density at radius 1 is 1.32 bits per heavy atom. The van der Waals surface area contributed by atoms with Crippen LogP contribution in [0.2, 0.25) is 0 Å². The number of carbonyl (C=O) groups excluding carboxylic acids is 1. The number of anilines is 1. The van der Waals surface area contributed by atoms with Crippen molar-refractivity contribution in [3.63, 3.8) is 0 Å². The number of hydrogen-bond acceptors (Lipinski definition) is 4. The molecule has 0 spiro atoms. The van der Waals surface area contributed by atoms with Gasteiger partial charge >= 0.3 is 0 Å². The van der Waals surface area contributed by atoms with Crippen molar-refractivity contribution in [2.24, 2.45) is 0 Å². The fourth-order valence-corrected chi connectivity index (χ4v) is 3.11. The summed E-state index contributed by atoms with van der Waals surface area (Å²) in [5.41, 5.74) is 2.00. The summed E-state index contributed by atoms with van der Waals surface area (Å²) in [6.45, 7) is 6.84. The maximum absolute atomic E-state index is 12.3. The largest absolute Gasteiger partial charge is 0.315 e. The van der Waals surface area contributed by atoms with Gasteiger partial charge in [-0.05, 0) is 32.9 Å². The third-order valence-corrected chi connectivity index (χ3v) is 4.54. The predicted octanol–water partition coefficient (Wildman–Crippen LogP) is 3.29. The Balaban J connectivity index is 1.85. The average Bonchev–Trinajstić information content (AvgIpc) is 2.83. The van der Waals surface area contributed by atoms with Crippen LogP contribution in [-0.2, 0) is 11.3 Å². The minimum absolute atomic E-state index is 0.109. The van der Waals surface area contributed by atoms with E-state index in [1.165, 1.54) is 4.88 Å². The van der Waals surface area contributed by atoms with E-state index in [9.17, 15) is 4.79 Å². The highest BCUT2D eigenvalue weighted by Crippen LogP contribution is 2.16. The van der Waals surface area contributed by atoms with Crippen LogP contribution in [0, 0.1) is 13.8 Å². The van der Waals surface area contributed by atoms with E-state index in [2.05, 4.69) is 17.2 Å². The van der Waals surface area contributed by atoms with Gasteiger partial charge in [0.1, 0.15) is 0 Å². The van der Waals surface area contributed by atoms with Crippen LogP contribution >= 0.6 is 11.3 Å². The number of carbonyl (C=O) groups is 1. The summed E-state index contributed by atoms with van der Waals surface area (Å²) in [7, 11) is 1.82. The van der Waals surface area contributed by atoms with Crippen LogP contribution in [0.25, 0.3) is 0 Å². The lowest BCUT2D eigenvalue weighted by Crippen LogP contribution is -2.34. The van der Waals surface area contributed by atoms with Crippen molar-refractivity contribution in [3.05, 3.63) is 45.9 Å². The monoisotopic (exact) mass is 317 g/mol. The van der Waals surface area contributed by atoms with Crippen LogP contribution in [0.15, 0.2) is 30.3 Å². The van der Waals surface area contributed by atoms with Gasteiger partial charge in [0.2, 0.25) is 5.91 Å². The fourth-order valence-electron chi connectivity index (χ4n) is 2.27. The second kappa shape index (κ2) is 7.51. The molecule has 5 heteroatoms. The molecule has 2 aromatic rings. The number of benzene rings is 1. The Bertz CT molecular complexity index is 624. The zero-order valence-corrected chi connectivity index (χ0v) is 14.4. The molecule has 1 aromatic carbocycles. The fraction of sp³-hybridized carbons (Fsp3) is 0.412. The van der Waals surface area contributed by atoms with E-state index in [-0.39, 0.29) is 11.9 Å². The van der Waals surface area contributed by atoms with Crippen LogP contribution in [0.4, 0.5) is 5.69 Å². The molecule has 4 nitrogen and oxygen atoms in total. The zero-order chi connectivity index (χ0) is 16.1. The average molecular weight is 317 g/mol. The van der Waals surface area contributed by atoms with E-state index in [4.69, 9.17) is 0 Å². The van der Waals surface area contributed by atoms with Crippen LogP contribution in [-0.4, -0.2) is 24.0 Å². The highest BCUT2D eigenvalue weighted by atomic mass is 32.1. The Morgan fingerprint density at radius 2 is 2.00 bits per heavy atom. The van der Waals surface area contributed by atoms with E-state index in [1.807, 2.05) is 51.2 Å². The van der Waals surface area contributed by atoms with Crippen molar-refractivity contribution >= 4 is 22.9 Å². The Labute approximate surface area is 136 Å². The number of aryl methyl sites for hydroxylation is 2. The smallest absolute Gasteiger partial charge is 0.228 e. The van der Waals surface area contributed by atoms with Gasteiger partial charge in [0, 0.05) is 36.6 Å². The molecule has 0 aliphatic rings. The number of nitrogens with zero attached hydrogens (tertiary/aromatic N) is 2. The first-order valence-corrected chi connectivity index (χ1v) is 8.27. The minimum Gasteiger partial charge on any atom is -0.315 e. The first-order chi connectivity index (χ1) is 10.5. The molecule has 1 atom stereocenters. The molecule has 1 heterocycles. The van der Waals surface area contributed by atoms with Gasteiger partial charge in [-0.25, -0.2) is 4.98 Å². The maximum Gasteiger partial charge on any atom is 0.228 e. The van der Waals surface area contributed by atoms with Gasteiger partial charge < -0.3 is 10.2 Å². The Morgan fingerprint density at radius 3 is 2.59 bits per heavy atom. The number of amides is 1. The highest BCUT2D eigenvalue weighted by molar-refractivity contribution is 7.11. The summed E-state index contributed by atoms with van der Waals surface area (Å²) in [5.74, 6) is 0.109. The van der Waals surface area contributed by atoms with Gasteiger partial charge in [-0.15, -0.1) is 11.3 Å². The standard InChI is InChI=1S/C17H23N3OS/c1-12(18-11-16-13(2)22-14(3)19-16)10-17(21)20(4)15-8-6-5-7-9-15/h5-9,12,18H,10-11H2,1-4H3/t12-/m1/s1. The predicted molar refractivity (Wildman–Crippen MR) is 92.4 cm³/mol. The van der Waals surface area contributed by atoms with E-state index in [1.54, 1.807) is 16.2 Å². The van der Waals surface area contributed by atoms with E-state index in [0.29, 0.717) is 13.0 Å². The lowest BCUT2D eigenvalue weighted by atomic mass is 10.2. The van der Waals surface area contributed by atoms with E-state index < -0.39 is 0 Å². The minimum atomic E-state index is 0.109. The molecule has 0 unspecified atom stereocenters. The Hall–Kier alpha value is -1.72. The van der Waals surface area contributed by atoms with Gasteiger partial charge in [0.25, 0.3) is 0 Å². The summed E-state index contributed by atoms with van der Waals surface area (Å²) in [5, 5.41) is 4.47. The molecular formula is C17H23N3OS. The number of thiazole rings is 1. The molecule has 0 saturated heterocycles. The number of para-hydroxylation sites is 1. The second-order valence-corrected chi connectivity index (χ2v) is 6.92. The molecule has 0 aliphatic heterocycles. The third-order valence-electron chi connectivity index (χ3n) is 3.62. The molecule has 0 bridgehead atoms. The van der Waals surface area contributed by atoms with Crippen LogP contribution in [0.3, 0.4) is 0 Å². The molecule has 118 valence electrons.